The average molecular weight is 289 g/mol. The van der Waals surface area contributed by atoms with Gasteiger partial charge in [0, 0.05) is 36.5 Å². The minimum absolute atomic E-state index is 0.164. The molecule has 4 heteroatoms. The smallest absolute Gasteiger partial charge is 0.128 e. The standard InChI is InChI=1S/C17H24FN3/c1-5-8-21-11-16(13(4)20-21)14-6-7-15(17(18)9-14)10-19-12(2)3/h6-7,9,11-12,19H,5,8,10H2,1-4H3. The van der Waals surface area contributed by atoms with Crippen LogP contribution in [0.15, 0.2) is 24.4 Å². The molecule has 2 aromatic rings. The van der Waals surface area contributed by atoms with Crippen molar-refractivity contribution in [2.75, 3.05) is 0 Å². The molecular formula is C17H24FN3. The van der Waals surface area contributed by atoms with Crippen LogP contribution in [-0.4, -0.2) is 15.8 Å². The Morgan fingerprint density at radius 2 is 2.10 bits per heavy atom. The van der Waals surface area contributed by atoms with E-state index in [-0.39, 0.29) is 5.82 Å². The number of aryl methyl sites for hydroxylation is 2. The first-order valence-electron chi connectivity index (χ1n) is 7.57. The summed E-state index contributed by atoms with van der Waals surface area (Å²) in [5, 5.41) is 7.71. The summed E-state index contributed by atoms with van der Waals surface area (Å²) in [6.45, 7) is 9.63. The first kappa shape index (κ1) is 15.7. The molecule has 0 fully saturated rings. The van der Waals surface area contributed by atoms with Gasteiger partial charge >= 0.3 is 0 Å². The molecule has 0 saturated carbocycles. The normalized spacial score (nSPS) is 11.3. The lowest BCUT2D eigenvalue weighted by Crippen LogP contribution is -2.22. The van der Waals surface area contributed by atoms with Crippen LogP contribution < -0.4 is 5.32 Å². The lowest BCUT2D eigenvalue weighted by atomic mass is 10.0. The van der Waals surface area contributed by atoms with E-state index in [1.807, 2.05) is 29.9 Å². The van der Waals surface area contributed by atoms with Crippen molar-refractivity contribution in [2.45, 2.75) is 53.2 Å². The summed E-state index contributed by atoms with van der Waals surface area (Å²) in [7, 11) is 0. The average Bonchev–Trinajstić information content (AvgIpc) is 2.78. The number of rotatable bonds is 6. The predicted molar refractivity (Wildman–Crippen MR) is 84.6 cm³/mol. The van der Waals surface area contributed by atoms with Crippen LogP contribution >= 0.6 is 0 Å². The second-order valence-electron chi connectivity index (χ2n) is 5.73. The molecular weight excluding hydrogens is 265 g/mol. The summed E-state index contributed by atoms with van der Waals surface area (Å²) < 4.78 is 16.1. The van der Waals surface area contributed by atoms with Gasteiger partial charge in [-0.25, -0.2) is 4.39 Å². The number of benzene rings is 1. The molecule has 0 aliphatic heterocycles. The maximum atomic E-state index is 14.2. The minimum Gasteiger partial charge on any atom is -0.310 e. The van der Waals surface area contributed by atoms with Crippen molar-refractivity contribution < 1.29 is 4.39 Å². The second-order valence-corrected chi connectivity index (χ2v) is 5.73. The van der Waals surface area contributed by atoms with Crippen LogP contribution in [0, 0.1) is 12.7 Å². The van der Waals surface area contributed by atoms with E-state index in [4.69, 9.17) is 0 Å². The molecule has 114 valence electrons. The van der Waals surface area contributed by atoms with Crippen LogP contribution in [0.1, 0.15) is 38.4 Å². The fourth-order valence-corrected chi connectivity index (χ4v) is 2.32. The Hall–Kier alpha value is -1.68. The number of hydrogen-bond donors (Lipinski definition) is 1. The van der Waals surface area contributed by atoms with Crippen LogP contribution in [0.2, 0.25) is 0 Å². The molecule has 0 aliphatic rings. The Balaban J connectivity index is 2.23. The van der Waals surface area contributed by atoms with E-state index >= 15 is 0 Å². The summed E-state index contributed by atoms with van der Waals surface area (Å²) in [4.78, 5) is 0. The minimum atomic E-state index is -0.164. The van der Waals surface area contributed by atoms with Gasteiger partial charge in [0.05, 0.1) is 5.69 Å². The van der Waals surface area contributed by atoms with E-state index in [1.54, 1.807) is 6.07 Å². The highest BCUT2D eigenvalue weighted by Crippen LogP contribution is 2.24. The Morgan fingerprint density at radius 1 is 1.33 bits per heavy atom. The zero-order valence-corrected chi connectivity index (χ0v) is 13.3. The van der Waals surface area contributed by atoms with Crippen molar-refractivity contribution in [3.63, 3.8) is 0 Å². The molecule has 1 heterocycles. The van der Waals surface area contributed by atoms with Crippen molar-refractivity contribution in [1.82, 2.24) is 15.1 Å². The van der Waals surface area contributed by atoms with Crippen molar-refractivity contribution >= 4 is 0 Å². The van der Waals surface area contributed by atoms with Crippen molar-refractivity contribution in [1.29, 1.82) is 0 Å². The molecule has 1 aromatic carbocycles. The third kappa shape index (κ3) is 3.91. The molecule has 0 saturated heterocycles. The van der Waals surface area contributed by atoms with Crippen LogP contribution in [0.5, 0.6) is 0 Å². The van der Waals surface area contributed by atoms with Gasteiger partial charge < -0.3 is 5.32 Å². The van der Waals surface area contributed by atoms with Gasteiger partial charge in [-0.3, -0.25) is 4.68 Å². The number of halogens is 1. The van der Waals surface area contributed by atoms with Gasteiger partial charge in [-0.15, -0.1) is 0 Å². The SMILES string of the molecule is CCCn1cc(-c2ccc(CNC(C)C)c(F)c2)c(C)n1. The topological polar surface area (TPSA) is 29.9 Å². The number of aromatic nitrogens is 2. The largest absolute Gasteiger partial charge is 0.310 e. The van der Waals surface area contributed by atoms with Crippen LogP contribution in [-0.2, 0) is 13.1 Å². The fraction of sp³-hybridized carbons (Fsp3) is 0.471. The first-order chi connectivity index (χ1) is 10.0. The van der Waals surface area contributed by atoms with E-state index < -0.39 is 0 Å². The summed E-state index contributed by atoms with van der Waals surface area (Å²) in [6, 6.07) is 5.79. The molecule has 0 radical (unpaired) electrons. The molecule has 0 spiro atoms. The molecule has 0 amide bonds. The van der Waals surface area contributed by atoms with Crippen molar-refractivity contribution in [2.24, 2.45) is 0 Å². The molecule has 0 unspecified atom stereocenters. The first-order valence-corrected chi connectivity index (χ1v) is 7.57. The van der Waals surface area contributed by atoms with Crippen LogP contribution in [0.25, 0.3) is 11.1 Å². The quantitative estimate of drug-likeness (QED) is 0.874. The Labute approximate surface area is 126 Å². The zero-order chi connectivity index (χ0) is 15.4. The molecule has 21 heavy (non-hydrogen) atoms. The maximum Gasteiger partial charge on any atom is 0.128 e. The third-order valence-electron chi connectivity index (χ3n) is 3.46. The van der Waals surface area contributed by atoms with E-state index in [9.17, 15) is 4.39 Å². The lowest BCUT2D eigenvalue weighted by Gasteiger charge is -2.10. The Morgan fingerprint density at radius 3 is 2.71 bits per heavy atom. The van der Waals surface area contributed by atoms with Gasteiger partial charge in [-0.2, -0.15) is 5.10 Å². The van der Waals surface area contributed by atoms with Crippen LogP contribution in [0.3, 0.4) is 0 Å². The highest BCUT2D eigenvalue weighted by molar-refractivity contribution is 5.65. The zero-order valence-electron chi connectivity index (χ0n) is 13.3. The third-order valence-corrected chi connectivity index (χ3v) is 3.46. The summed E-state index contributed by atoms with van der Waals surface area (Å²) in [6.07, 6.45) is 3.04. The van der Waals surface area contributed by atoms with Gasteiger partial charge in [0.15, 0.2) is 0 Å². The monoisotopic (exact) mass is 289 g/mol. The van der Waals surface area contributed by atoms with E-state index in [0.29, 0.717) is 18.2 Å². The molecule has 0 aliphatic carbocycles. The van der Waals surface area contributed by atoms with Gasteiger partial charge in [0.25, 0.3) is 0 Å². The molecule has 2 rings (SSSR count). The van der Waals surface area contributed by atoms with Crippen LogP contribution in [0.4, 0.5) is 4.39 Å². The van der Waals surface area contributed by atoms with Gasteiger partial charge in [0.1, 0.15) is 5.82 Å². The number of nitrogens with one attached hydrogen (secondary N) is 1. The van der Waals surface area contributed by atoms with E-state index in [1.165, 1.54) is 0 Å². The molecule has 0 bridgehead atoms. The summed E-state index contributed by atoms with van der Waals surface area (Å²) in [5.74, 6) is -0.164. The highest BCUT2D eigenvalue weighted by Gasteiger charge is 2.10. The molecule has 1 aromatic heterocycles. The van der Waals surface area contributed by atoms with Gasteiger partial charge in [-0.1, -0.05) is 32.9 Å². The predicted octanol–water partition coefficient (Wildman–Crippen LogP) is 3.91. The molecule has 1 N–H and O–H groups in total. The van der Waals surface area contributed by atoms with Crippen molar-refractivity contribution in [3.8, 4) is 11.1 Å². The summed E-state index contributed by atoms with van der Waals surface area (Å²) in [5.41, 5.74) is 3.54. The summed E-state index contributed by atoms with van der Waals surface area (Å²) >= 11 is 0. The Kier molecular flexibility index (Phi) is 5.12. The molecule has 0 atom stereocenters. The number of hydrogen-bond acceptors (Lipinski definition) is 2. The molecule has 3 nitrogen and oxygen atoms in total. The second kappa shape index (κ2) is 6.85. The fourth-order valence-electron chi connectivity index (χ4n) is 2.32. The maximum absolute atomic E-state index is 14.2. The Bertz CT molecular complexity index is 602. The van der Waals surface area contributed by atoms with Gasteiger partial charge in [0.2, 0.25) is 0 Å². The van der Waals surface area contributed by atoms with E-state index in [0.717, 1.165) is 29.8 Å². The van der Waals surface area contributed by atoms with Gasteiger partial charge in [-0.05, 0) is 25.0 Å². The lowest BCUT2D eigenvalue weighted by molar-refractivity contribution is 0.553. The number of nitrogens with zero attached hydrogens (tertiary/aromatic N) is 2. The van der Waals surface area contributed by atoms with Crippen molar-refractivity contribution in [3.05, 3.63) is 41.5 Å². The van der Waals surface area contributed by atoms with E-state index in [2.05, 4.69) is 31.2 Å². The highest BCUT2D eigenvalue weighted by atomic mass is 19.1.